The van der Waals surface area contributed by atoms with E-state index in [0.717, 1.165) is 25.7 Å². The van der Waals surface area contributed by atoms with Crippen LogP contribution in [0.2, 0.25) is 0 Å². The second-order valence-electron chi connectivity index (χ2n) is 5.09. The van der Waals surface area contributed by atoms with Gasteiger partial charge in [-0.25, -0.2) is 4.79 Å². The molecule has 0 radical (unpaired) electrons. The number of hydrogen-bond acceptors (Lipinski definition) is 3. The van der Waals surface area contributed by atoms with Crippen LogP contribution in [0.5, 0.6) is 0 Å². The minimum atomic E-state index is -0.515. The zero-order chi connectivity index (χ0) is 15.5. The Kier molecular flexibility index (Phi) is 8.17. The molecule has 0 saturated carbocycles. The summed E-state index contributed by atoms with van der Waals surface area (Å²) >= 11 is 0. The molecular weight excluding hydrogens is 266 g/mol. The van der Waals surface area contributed by atoms with Crippen molar-refractivity contribution in [2.75, 3.05) is 6.61 Å². The van der Waals surface area contributed by atoms with Gasteiger partial charge in [-0.3, -0.25) is 4.79 Å². The zero-order valence-electron chi connectivity index (χ0n) is 12.9. The summed E-state index contributed by atoms with van der Waals surface area (Å²) in [7, 11) is 0. The van der Waals surface area contributed by atoms with E-state index < -0.39 is 6.04 Å². The van der Waals surface area contributed by atoms with Crippen molar-refractivity contribution in [3.63, 3.8) is 0 Å². The first-order valence-electron chi connectivity index (χ1n) is 7.61. The van der Waals surface area contributed by atoms with Crippen LogP contribution in [0.25, 0.3) is 0 Å². The van der Waals surface area contributed by atoms with E-state index >= 15 is 0 Å². The Morgan fingerprint density at radius 2 is 1.86 bits per heavy atom. The van der Waals surface area contributed by atoms with Crippen molar-refractivity contribution >= 4 is 11.9 Å². The molecule has 0 aromatic heterocycles. The highest BCUT2D eigenvalue weighted by atomic mass is 16.5. The monoisotopic (exact) mass is 291 g/mol. The molecular formula is C17H25NO3. The Hall–Kier alpha value is -1.84. The van der Waals surface area contributed by atoms with Crippen LogP contribution in [0.4, 0.5) is 0 Å². The van der Waals surface area contributed by atoms with Gasteiger partial charge in [-0.2, -0.15) is 0 Å². The third kappa shape index (κ3) is 7.49. The second kappa shape index (κ2) is 9.97. The minimum absolute atomic E-state index is 0.197. The molecule has 0 bridgehead atoms. The summed E-state index contributed by atoms with van der Waals surface area (Å²) in [6.07, 6.45) is 4.69. The van der Waals surface area contributed by atoms with Crippen LogP contribution in [0.1, 0.15) is 45.1 Å². The fourth-order valence-electron chi connectivity index (χ4n) is 2.24. The van der Waals surface area contributed by atoms with Crippen LogP contribution in [0.15, 0.2) is 30.3 Å². The molecule has 1 unspecified atom stereocenters. The van der Waals surface area contributed by atoms with E-state index in [4.69, 9.17) is 4.74 Å². The van der Waals surface area contributed by atoms with Gasteiger partial charge in [0.25, 0.3) is 0 Å². The first kappa shape index (κ1) is 17.2. The molecule has 1 amide bonds. The molecule has 0 fully saturated rings. The van der Waals surface area contributed by atoms with Gasteiger partial charge in [0, 0.05) is 6.92 Å². The maximum atomic E-state index is 11.7. The summed E-state index contributed by atoms with van der Waals surface area (Å²) in [5.41, 5.74) is 1.33. The van der Waals surface area contributed by atoms with Crippen LogP contribution in [-0.4, -0.2) is 24.5 Å². The third-order valence-corrected chi connectivity index (χ3v) is 3.25. The first-order valence-corrected chi connectivity index (χ1v) is 7.61. The van der Waals surface area contributed by atoms with E-state index in [9.17, 15) is 9.59 Å². The van der Waals surface area contributed by atoms with Gasteiger partial charge in [0.05, 0.1) is 6.61 Å². The first-order chi connectivity index (χ1) is 10.1. The van der Waals surface area contributed by atoms with Crippen molar-refractivity contribution < 1.29 is 14.3 Å². The summed E-state index contributed by atoms with van der Waals surface area (Å²) in [6.45, 7) is 3.52. The zero-order valence-corrected chi connectivity index (χ0v) is 12.9. The average Bonchev–Trinajstić information content (AvgIpc) is 2.46. The lowest BCUT2D eigenvalue weighted by atomic mass is 10.0. The maximum Gasteiger partial charge on any atom is 0.328 e. The van der Waals surface area contributed by atoms with Crippen LogP contribution < -0.4 is 5.32 Å². The van der Waals surface area contributed by atoms with Crippen molar-refractivity contribution in [2.45, 2.75) is 52.0 Å². The number of carbonyl (C=O) groups is 2. The van der Waals surface area contributed by atoms with Gasteiger partial charge in [0.1, 0.15) is 6.04 Å². The molecule has 4 nitrogen and oxygen atoms in total. The summed E-state index contributed by atoms with van der Waals surface area (Å²) in [5.74, 6) is -0.534. The molecule has 1 atom stereocenters. The van der Waals surface area contributed by atoms with Crippen molar-refractivity contribution in [1.29, 1.82) is 0 Å². The van der Waals surface area contributed by atoms with Gasteiger partial charge < -0.3 is 10.1 Å². The van der Waals surface area contributed by atoms with Gasteiger partial charge in [0.15, 0.2) is 0 Å². The molecule has 1 aromatic carbocycles. The number of hydrogen-bond donors (Lipinski definition) is 1. The Balaban J connectivity index is 2.26. The number of benzene rings is 1. The number of ether oxygens (including phenoxy) is 1. The lowest BCUT2D eigenvalue weighted by Gasteiger charge is -2.16. The third-order valence-electron chi connectivity index (χ3n) is 3.25. The lowest BCUT2D eigenvalue weighted by Crippen LogP contribution is -2.40. The maximum absolute atomic E-state index is 11.7. The smallest absolute Gasteiger partial charge is 0.328 e. The summed E-state index contributed by atoms with van der Waals surface area (Å²) in [4.78, 5) is 22.8. The molecule has 116 valence electrons. The Morgan fingerprint density at radius 3 is 2.48 bits per heavy atom. The highest BCUT2D eigenvalue weighted by molar-refractivity contribution is 5.83. The Labute approximate surface area is 126 Å². The van der Waals surface area contributed by atoms with Gasteiger partial charge in [-0.1, -0.05) is 43.2 Å². The molecule has 1 rings (SSSR count). The molecule has 0 aliphatic rings. The van der Waals surface area contributed by atoms with E-state index in [1.54, 1.807) is 6.92 Å². The Bertz CT molecular complexity index is 431. The van der Waals surface area contributed by atoms with E-state index in [0.29, 0.717) is 13.0 Å². The molecule has 21 heavy (non-hydrogen) atoms. The van der Waals surface area contributed by atoms with Crippen LogP contribution >= 0.6 is 0 Å². The Morgan fingerprint density at radius 1 is 1.14 bits per heavy atom. The number of nitrogens with one attached hydrogen (secondary N) is 1. The molecule has 0 spiro atoms. The minimum Gasteiger partial charge on any atom is -0.464 e. The molecule has 0 aliphatic heterocycles. The van der Waals surface area contributed by atoms with Crippen molar-refractivity contribution in [1.82, 2.24) is 5.32 Å². The standard InChI is InChI=1S/C17H25NO3/c1-3-21-17(20)16(18-14(2)19)13-9-5-8-12-15-10-6-4-7-11-15/h4,6-7,10-11,16H,3,5,8-9,12-13H2,1-2H3,(H,18,19). The topological polar surface area (TPSA) is 55.4 Å². The molecule has 0 aliphatic carbocycles. The molecule has 0 heterocycles. The van der Waals surface area contributed by atoms with Gasteiger partial charge in [0.2, 0.25) is 5.91 Å². The van der Waals surface area contributed by atoms with Gasteiger partial charge in [-0.05, 0) is 31.7 Å². The molecule has 0 saturated heterocycles. The largest absolute Gasteiger partial charge is 0.464 e. The van der Waals surface area contributed by atoms with Crippen molar-refractivity contribution in [2.24, 2.45) is 0 Å². The van der Waals surface area contributed by atoms with E-state index in [1.807, 2.05) is 18.2 Å². The predicted molar refractivity (Wildman–Crippen MR) is 82.9 cm³/mol. The normalized spacial score (nSPS) is 11.7. The van der Waals surface area contributed by atoms with Crippen molar-refractivity contribution in [3.8, 4) is 0 Å². The van der Waals surface area contributed by atoms with Crippen LogP contribution in [0.3, 0.4) is 0 Å². The fraction of sp³-hybridized carbons (Fsp3) is 0.529. The quantitative estimate of drug-likeness (QED) is 0.562. The van der Waals surface area contributed by atoms with E-state index in [2.05, 4.69) is 17.4 Å². The highest BCUT2D eigenvalue weighted by Crippen LogP contribution is 2.10. The van der Waals surface area contributed by atoms with E-state index in [1.165, 1.54) is 12.5 Å². The summed E-state index contributed by atoms with van der Waals surface area (Å²) in [6, 6.07) is 9.84. The van der Waals surface area contributed by atoms with Crippen LogP contribution in [0, 0.1) is 0 Å². The highest BCUT2D eigenvalue weighted by Gasteiger charge is 2.19. The van der Waals surface area contributed by atoms with Gasteiger partial charge >= 0.3 is 5.97 Å². The lowest BCUT2D eigenvalue weighted by molar-refractivity contribution is -0.147. The number of carbonyl (C=O) groups excluding carboxylic acids is 2. The average molecular weight is 291 g/mol. The van der Waals surface area contributed by atoms with Crippen LogP contribution in [-0.2, 0) is 20.7 Å². The summed E-state index contributed by atoms with van der Waals surface area (Å²) in [5, 5.41) is 2.66. The molecule has 1 aromatic rings. The number of amides is 1. The predicted octanol–water partition coefficient (Wildman–Crippen LogP) is 2.86. The number of esters is 1. The number of unbranched alkanes of at least 4 members (excludes halogenated alkanes) is 2. The summed E-state index contributed by atoms with van der Waals surface area (Å²) < 4.78 is 4.98. The molecule has 1 N–H and O–H groups in total. The number of aryl methyl sites for hydroxylation is 1. The fourth-order valence-corrected chi connectivity index (χ4v) is 2.24. The second-order valence-corrected chi connectivity index (χ2v) is 5.09. The van der Waals surface area contributed by atoms with E-state index in [-0.39, 0.29) is 11.9 Å². The SMILES string of the molecule is CCOC(=O)C(CCCCCc1ccccc1)NC(C)=O. The van der Waals surface area contributed by atoms with Gasteiger partial charge in [-0.15, -0.1) is 0 Å². The molecule has 4 heteroatoms. The number of rotatable bonds is 9. The van der Waals surface area contributed by atoms with Crippen molar-refractivity contribution in [3.05, 3.63) is 35.9 Å².